The number of hydrogen-bond donors (Lipinski definition) is 1. The first-order valence-corrected chi connectivity index (χ1v) is 7.38. The van der Waals surface area contributed by atoms with Gasteiger partial charge in [-0.05, 0) is 27.3 Å². The highest BCUT2D eigenvalue weighted by molar-refractivity contribution is 7.15. The van der Waals surface area contributed by atoms with E-state index >= 15 is 0 Å². The summed E-state index contributed by atoms with van der Waals surface area (Å²) in [5.41, 5.74) is 0. The van der Waals surface area contributed by atoms with E-state index in [0.717, 1.165) is 24.8 Å². The lowest BCUT2D eigenvalue weighted by Crippen LogP contribution is -2.23. The molecule has 0 aromatic carbocycles. The molecule has 1 atom stereocenters. The molecular formula is C13H25N3OS. The van der Waals surface area contributed by atoms with Gasteiger partial charge in [-0.2, -0.15) is 0 Å². The standard InChI is InChI=1S/C13H25N3OS/c1-6-14-11(4)12-9-15-13(18-12)16(5)7-8-17-10(2)3/h9-11,14H,6-8H2,1-5H3. The van der Waals surface area contributed by atoms with Gasteiger partial charge in [-0.1, -0.05) is 6.92 Å². The van der Waals surface area contributed by atoms with Gasteiger partial charge >= 0.3 is 0 Å². The van der Waals surface area contributed by atoms with Crippen molar-refractivity contribution in [2.24, 2.45) is 0 Å². The summed E-state index contributed by atoms with van der Waals surface area (Å²) in [6.07, 6.45) is 2.26. The number of rotatable bonds is 8. The van der Waals surface area contributed by atoms with E-state index < -0.39 is 0 Å². The van der Waals surface area contributed by atoms with Crippen molar-refractivity contribution < 1.29 is 4.74 Å². The molecule has 0 amide bonds. The molecule has 0 saturated carbocycles. The summed E-state index contributed by atoms with van der Waals surface area (Å²) in [4.78, 5) is 7.90. The normalized spacial score (nSPS) is 13.0. The quantitative estimate of drug-likeness (QED) is 0.789. The van der Waals surface area contributed by atoms with Gasteiger partial charge in [0.2, 0.25) is 0 Å². The molecule has 0 aliphatic heterocycles. The lowest BCUT2D eigenvalue weighted by atomic mass is 10.3. The maximum Gasteiger partial charge on any atom is 0.185 e. The van der Waals surface area contributed by atoms with Crippen molar-refractivity contribution >= 4 is 16.5 Å². The molecule has 18 heavy (non-hydrogen) atoms. The van der Waals surface area contributed by atoms with Gasteiger partial charge in [-0.25, -0.2) is 4.98 Å². The maximum absolute atomic E-state index is 5.55. The van der Waals surface area contributed by atoms with Crippen molar-refractivity contribution in [2.45, 2.75) is 39.8 Å². The van der Waals surface area contributed by atoms with Crippen LogP contribution in [0.1, 0.15) is 38.6 Å². The Balaban J connectivity index is 2.46. The smallest absolute Gasteiger partial charge is 0.185 e. The average molecular weight is 271 g/mol. The molecule has 1 aromatic heterocycles. The average Bonchev–Trinajstić information content (AvgIpc) is 2.78. The second-order valence-corrected chi connectivity index (χ2v) is 5.71. The number of likely N-dealkylation sites (N-methyl/N-ethyl adjacent to an activating group) is 1. The molecule has 104 valence electrons. The first kappa shape index (κ1) is 15.4. The van der Waals surface area contributed by atoms with E-state index in [4.69, 9.17) is 4.74 Å². The van der Waals surface area contributed by atoms with Gasteiger partial charge in [0.1, 0.15) is 0 Å². The van der Waals surface area contributed by atoms with Gasteiger partial charge in [-0.3, -0.25) is 0 Å². The highest BCUT2D eigenvalue weighted by Crippen LogP contribution is 2.26. The van der Waals surface area contributed by atoms with Crippen LogP contribution in [0.25, 0.3) is 0 Å². The molecule has 0 bridgehead atoms. The van der Waals surface area contributed by atoms with E-state index in [-0.39, 0.29) is 0 Å². The lowest BCUT2D eigenvalue weighted by Gasteiger charge is -2.16. The van der Waals surface area contributed by atoms with Crippen molar-refractivity contribution in [1.29, 1.82) is 0 Å². The number of hydrogen-bond acceptors (Lipinski definition) is 5. The van der Waals surface area contributed by atoms with Crippen molar-refractivity contribution in [3.05, 3.63) is 11.1 Å². The van der Waals surface area contributed by atoms with Crippen LogP contribution in [0, 0.1) is 0 Å². The summed E-state index contributed by atoms with van der Waals surface area (Å²) in [5.74, 6) is 0. The fraction of sp³-hybridized carbons (Fsp3) is 0.769. The van der Waals surface area contributed by atoms with E-state index in [1.165, 1.54) is 4.88 Å². The van der Waals surface area contributed by atoms with E-state index in [1.807, 2.05) is 6.20 Å². The SMILES string of the molecule is CCNC(C)c1cnc(N(C)CCOC(C)C)s1. The van der Waals surface area contributed by atoms with Crippen molar-refractivity contribution in [3.63, 3.8) is 0 Å². The van der Waals surface area contributed by atoms with Gasteiger partial charge in [0.15, 0.2) is 5.13 Å². The van der Waals surface area contributed by atoms with Gasteiger partial charge in [0, 0.05) is 30.7 Å². The minimum absolute atomic E-state index is 0.291. The van der Waals surface area contributed by atoms with E-state index in [2.05, 4.69) is 49.9 Å². The van der Waals surface area contributed by atoms with Crippen LogP contribution in [0.5, 0.6) is 0 Å². The second-order valence-electron chi connectivity index (χ2n) is 4.67. The Bertz CT molecular complexity index is 341. The molecule has 1 rings (SSSR count). The molecule has 1 N–H and O–H groups in total. The van der Waals surface area contributed by atoms with E-state index in [1.54, 1.807) is 11.3 Å². The van der Waals surface area contributed by atoms with Crippen molar-refractivity contribution in [1.82, 2.24) is 10.3 Å². The first-order chi connectivity index (χ1) is 8.54. The monoisotopic (exact) mass is 271 g/mol. The third-order valence-electron chi connectivity index (χ3n) is 2.65. The zero-order valence-electron chi connectivity index (χ0n) is 12.1. The van der Waals surface area contributed by atoms with Crippen LogP contribution in [0.4, 0.5) is 5.13 Å². The number of thiazole rings is 1. The predicted octanol–water partition coefficient (Wildman–Crippen LogP) is 2.67. The lowest BCUT2D eigenvalue weighted by molar-refractivity contribution is 0.0846. The Kier molecular flexibility index (Phi) is 6.60. The molecule has 0 aliphatic carbocycles. The minimum atomic E-state index is 0.291. The van der Waals surface area contributed by atoms with Crippen LogP contribution >= 0.6 is 11.3 Å². The van der Waals surface area contributed by atoms with Gasteiger partial charge in [-0.15, -0.1) is 11.3 Å². The minimum Gasteiger partial charge on any atom is -0.377 e. The zero-order valence-corrected chi connectivity index (χ0v) is 12.9. The van der Waals surface area contributed by atoms with Crippen molar-refractivity contribution in [3.8, 4) is 0 Å². The molecule has 0 saturated heterocycles. The molecule has 0 spiro atoms. The molecule has 1 unspecified atom stereocenters. The van der Waals surface area contributed by atoms with E-state index in [0.29, 0.717) is 12.1 Å². The molecule has 1 aromatic rings. The highest BCUT2D eigenvalue weighted by atomic mass is 32.1. The topological polar surface area (TPSA) is 37.4 Å². The highest BCUT2D eigenvalue weighted by Gasteiger charge is 2.11. The molecule has 1 heterocycles. The predicted molar refractivity (Wildman–Crippen MR) is 78.6 cm³/mol. The van der Waals surface area contributed by atoms with Crippen LogP contribution in [0.2, 0.25) is 0 Å². The zero-order chi connectivity index (χ0) is 13.5. The van der Waals surface area contributed by atoms with Gasteiger partial charge in [0.05, 0.1) is 12.7 Å². The Morgan fingerprint density at radius 3 is 2.78 bits per heavy atom. The Morgan fingerprint density at radius 2 is 2.17 bits per heavy atom. The Hall–Kier alpha value is -0.650. The largest absolute Gasteiger partial charge is 0.377 e. The van der Waals surface area contributed by atoms with Gasteiger partial charge < -0.3 is 15.0 Å². The first-order valence-electron chi connectivity index (χ1n) is 6.56. The number of nitrogens with one attached hydrogen (secondary N) is 1. The summed E-state index contributed by atoms with van der Waals surface area (Å²) >= 11 is 1.74. The fourth-order valence-electron chi connectivity index (χ4n) is 1.58. The fourth-order valence-corrected chi connectivity index (χ4v) is 2.51. The molecule has 0 radical (unpaired) electrons. The number of ether oxygens (including phenoxy) is 1. The summed E-state index contributed by atoms with van der Waals surface area (Å²) in [5, 5.41) is 4.46. The third kappa shape index (κ3) is 4.92. The van der Waals surface area contributed by atoms with Crippen molar-refractivity contribution in [2.75, 3.05) is 31.6 Å². The molecule has 4 nitrogen and oxygen atoms in total. The maximum atomic E-state index is 5.55. The number of aromatic nitrogens is 1. The molecule has 0 aliphatic rings. The number of anilines is 1. The summed E-state index contributed by atoms with van der Waals surface area (Å²) in [6, 6.07) is 0.376. The third-order valence-corrected chi connectivity index (χ3v) is 3.95. The Labute approximate surface area is 114 Å². The molecular weight excluding hydrogens is 246 g/mol. The summed E-state index contributed by atoms with van der Waals surface area (Å²) in [7, 11) is 2.06. The van der Waals surface area contributed by atoms with Crippen LogP contribution < -0.4 is 10.2 Å². The number of nitrogens with zero attached hydrogens (tertiary/aromatic N) is 2. The summed E-state index contributed by atoms with van der Waals surface area (Å²) < 4.78 is 5.55. The Morgan fingerprint density at radius 1 is 1.44 bits per heavy atom. The van der Waals surface area contributed by atoms with Crippen LogP contribution in [0.3, 0.4) is 0 Å². The summed E-state index contributed by atoms with van der Waals surface area (Å²) in [6.45, 7) is 11.0. The van der Waals surface area contributed by atoms with E-state index in [9.17, 15) is 0 Å². The van der Waals surface area contributed by atoms with Crippen LogP contribution in [-0.2, 0) is 4.74 Å². The molecule has 0 fully saturated rings. The molecule has 5 heteroatoms. The van der Waals surface area contributed by atoms with Crippen LogP contribution in [0.15, 0.2) is 6.20 Å². The second kappa shape index (κ2) is 7.71. The van der Waals surface area contributed by atoms with Gasteiger partial charge in [0.25, 0.3) is 0 Å². The van der Waals surface area contributed by atoms with Crippen LogP contribution in [-0.4, -0.2) is 37.8 Å².